The molecule has 2 N–H and O–H groups in total. The Bertz CT molecular complexity index is 551. The van der Waals surface area contributed by atoms with E-state index in [0.717, 1.165) is 13.0 Å². The van der Waals surface area contributed by atoms with Gasteiger partial charge in [-0.1, -0.05) is 19.9 Å². The molecule has 0 radical (unpaired) electrons. The Balaban J connectivity index is 2.22. The Labute approximate surface area is 102 Å². The van der Waals surface area contributed by atoms with E-state index in [1.807, 2.05) is 0 Å². The highest BCUT2D eigenvalue weighted by Gasteiger charge is 2.20. The van der Waals surface area contributed by atoms with Crippen LogP contribution in [0.3, 0.4) is 0 Å². The van der Waals surface area contributed by atoms with Crippen LogP contribution in [0.2, 0.25) is 0 Å². The molecular formula is C15H20N2. The topological polar surface area (TPSA) is 27.8 Å². The van der Waals surface area contributed by atoms with Crippen LogP contribution in [-0.2, 0) is 6.42 Å². The third-order valence-electron chi connectivity index (χ3n) is 3.89. The molecule has 17 heavy (non-hydrogen) atoms. The lowest BCUT2D eigenvalue weighted by atomic mass is 9.96. The van der Waals surface area contributed by atoms with Gasteiger partial charge in [-0.05, 0) is 49.1 Å². The molecule has 1 atom stereocenters. The van der Waals surface area contributed by atoms with Gasteiger partial charge in [0.15, 0.2) is 0 Å². The van der Waals surface area contributed by atoms with E-state index < -0.39 is 0 Å². The van der Waals surface area contributed by atoms with Crippen LogP contribution in [0.15, 0.2) is 18.2 Å². The summed E-state index contributed by atoms with van der Waals surface area (Å²) >= 11 is 0. The molecule has 1 aromatic carbocycles. The summed E-state index contributed by atoms with van der Waals surface area (Å²) in [4.78, 5) is 3.57. The van der Waals surface area contributed by atoms with Crippen LogP contribution in [-0.4, -0.2) is 11.5 Å². The number of fused-ring (bicyclic) bond motifs is 3. The van der Waals surface area contributed by atoms with Crippen molar-refractivity contribution in [2.45, 2.75) is 39.2 Å². The van der Waals surface area contributed by atoms with E-state index in [4.69, 9.17) is 0 Å². The van der Waals surface area contributed by atoms with Gasteiger partial charge in [0.1, 0.15) is 0 Å². The fourth-order valence-corrected chi connectivity index (χ4v) is 2.80. The van der Waals surface area contributed by atoms with Gasteiger partial charge in [0.05, 0.1) is 0 Å². The molecule has 0 saturated carbocycles. The highest BCUT2D eigenvalue weighted by molar-refractivity contribution is 5.86. The molecule has 0 bridgehead atoms. The summed E-state index contributed by atoms with van der Waals surface area (Å²) in [7, 11) is 0. The average Bonchev–Trinajstić information content (AvgIpc) is 2.68. The quantitative estimate of drug-likeness (QED) is 0.768. The Morgan fingerprint density at radius 1 is 1.29 bits per heavy atom. The predicted molar refractivity (Wildman–Crippen MR) is 72.5 cm³/mol. The predicted octanol–water partition coefficient (Wildman–Crippen LogP) is 3.50. The zero-order valence-electron chi connectivity index (χ0n) is 10.8. The second-order valence-electron chi connectivity index (χ2n) is 5.40. The largest absolute Gasteiger partial charge is 0.357 e. The number of rotatable bonds is 1. The van der Waals surface area contributed by atoms with Crippen molar-refractivity contribution in [1.29, 1.82) is 0 Å². The molecule has 1 aliphatic rings. The third kappa shape index (κ3) is 1.67. The minimum Gasteiger partial charge on any atom is -0.357 e. The standard InChI is InChI=1S/C15H20N2/c1-9(2)11-4-5-14-13(8-11)12-6-7-16-10(3)15(12)17-14/h4-5,8-10,16-17H,6-7H2,1-3H3. The summed E-state index contributed by atoms with van der Waals surface area (Å²) in [5, 5.41) is 4.94. The number of aromatic amines is 1. The van der Waals surface area contributed by atoms with Gasteiger partial charge in [-0.3, -0.25) is 0 Å². The van der Waals surface area contributed by atoms with Gasteiger partial charge in [0.2, 0.25) is 0 Å². The first kappa shape index (κ1) is 10.8. The van der Waals surface area contributed by atoms with Crippen molar-refractivity contribution < 1.29 is 0 Å². The highest BCUT2D eigenvalue weighted by atomic mass is 15.0. The van der Waals surface area contributed by atoms with Gasteiger partial charge in [0, 0.05) is 22.6 Å². The molecule has 2 aromatic rings. The number of benzene rings is 1. The fraction of sp³-hybridized carbons (Fsp3) is 0.467. The lowest BCUT2D eigenvalue weighted by Crippen LogP contribution is -2.27. The van der Waals surface area contributed by atoms with Crippen molar-refractivity contribution in [3.05, 3.63) is 35.0 Å². The van der Waals surface area contributed by atoms with Crippen molar-refractivity contribution >= 4 is 10.9 Å². The molecule has 1 unspecified atom stereocenters. The molecule has 0 fully saturated rings. The summed E-state index contributed by atoms with van der Waals surface area (Å²) < 4.78 is 0. The Hall–Kier alpha value is -1.28. The number of nitrogens with one attached hydrogen (secondary N) is 2. The normalized spacial score (nSPS) is 19.9. The van der Waals surface area contributed by atoms with Crippen molar-refractivity contribution in [1.82, 2.24) is 10.3 Å². The lowest BCUT2D eigenvalue weighted by Gasteiger charge is -2.20. The summed E-state index contributed by atoms with van der Waals surface area (Å²) in [6.45, 7) is 7.83. The molecule has 1 aliphatic heterocycles. The molecule has 0 amide bonds. The molecule has 90 valence electrons. The number of hydrogen-bond acceptors (Lipinski definition) is 1. The molecular weight excluding hydrogens is 208 g/mol. The molecule has 0 aliphatic carbocycles. The minimum absolute atomic E-state index is 0.452. The summed E-state index contributed by atoms with van der Waals surface area (Å²) in [6, 6.07) is 7.30. The number of hydrogen-bond donors (Lipinski definition) is 2. The Morgan fingerprint density at radius 2 is 2.12 bits per heavy atom. The van der Waals surface area contributed by atoms with Gasteiger partial charge in [-0.25, -0.2) is 0 Å². The van der Waals surface area contributed by atoms with Crippen LogP contribution < -0.4 is 5.32 Å². The summed E-state index contributed by atoms with van der Waals surface area (Å²) in [6.07, 6.45) is 1.14. The molecule has 0 spiro atoms. The summed E-state index contributed by atoms with van der Waals surface area (Å²) in [5.41, 5.74) is 5.63. The van der Waals surface area contributed by atoms with Crippen molar-refractivity contribution in [2.75, 3.05) is 6.54 Å². The van der Waals surface area contributed by atoms with E-state index in [0.29, 0.717) is 12.0 Å². The number of H-pyrrole nitrogens is 1. The van der Waals surface area contributed by atoms with Crippen molar-refractivity contribution in [2.24, 2.45) is 0 Å². The smallest absolute Gasteiger partial charge is 0.0459 e. The first-order valence-electron chi connectivity index (χ1n) is 6.54. The van der Waals surface area contributed by atoms with Crippen molar-refractivity contribution in [3.8, 4) is 0 Å². The van der Waals surface area contributed by atoms with Crippen LogP contribution in [0.4, 0.5) is 0 Å². The molecule has 2 heteroatoms. The Morgan fingerprint density at radius 3 is 2.88 bits per heavy atom. The lowest BCUT2D eigenvalue weighted by molar-refractivity contribution is 0.533. The zero-order valence-corrected chi connectivity index (χ0v) is 10.8. The van der Waals surface area contributed by atoms with Crippen LogP contribution >= 0.6 is 0 Å². The van der Waals surface area contributed by atoms with Crippen LogP contribution in [0.1, 0.15) is 49.6 Å². The second-order valence-corrected chi connectivity index (χ2v) is 5.40. The van der Waals surface area contributed by atoms with Crippen molar-refractivity contribution in [3.63, 3.8) is 0 Å². The molecule has 3 rings (SSSR count). The maximum Gasteiger partial charge on any atom is 0.0459 e. The van der Waals surface area contributed by atoms with Crippen LogP contribution in [0.25, 0.3) is 10.9 Å². The highest BCUT2D eigenvalue weighted by Crippen LogP contribution is 2.31. The van der Waals surface area contributed by atoms with E-state index in [-0.39, 0.29) is 0 Å². The van der Waals surface area contributed by atoms with Gasteiger partial charge in [-0.15, -0.1) is 0 Å². The maximum absolute atomic E-state index is 3.57. The molecule has 1 aromatic heterocycles. The molecule has 2 nitrogen and oxygen atoms in total. The molecule has 0 saturated heterocycles. The first-order chi connectivity index (χ1) is 8.16. The number of aromatic nitrogens is 1. The second kappa shape index (κ2) is 3.88. The fourth-order valence-electron chi connectivity index (χ4n) is 2.80. The maximum atomic E-state index is 3.57. The van der Waals surface area contributed by atoms with Crippen LogP contribution in [0.5, 0.6) is 0 Å². The van der Waals surface area contributed by atoms with Gasteiger partial charge in [0.25, 0.3) is 0 Å². The van der Waals surface area contributed by atoms with Gasteiger partial charge in [-0.2, -0.15) is 0 Å². The van der Waals surface area contributed by atoms with E-state index in [1.54, 1.807) is 0 Å². The third-order valence-corrected chi connectivity index (χ3v) is 3.89. The Kier molecular flexibility index (Phi) is 2.48. The minimum atomic E-state index is 0.452. The SMILES string of the molecule is CC(C)c1ccc2[nH]c3c(c2c1)CCNC3C. The van der Waals surface area contributed by atoms with E-state index in [1.165, 1.54) is 27.7 Å². The van der Waals surface area contributed by atoms with E-state index in [9.17, 15) is 0 Å². The van der Waals surface area contributed by atoms with Gasteiger partial charge < -0.3 is 10.3 Å². The van der Waals surface area contributed by atoms with E-state index >= 15 is 0 Å². The van der Waals surface area contributed by atoms with E-state index in [2.05, 4.69) is 49.3 Å². The monoisotopic (exact) mass is 228 g/mol. The zero-order chi connectivity index (χ0) is 12.0. The van der Waals surface area contributed by atoms with Gasteiger partial charge >= 0.3 is 0 Å². The first-order valence-corrected chi connectivity index (χ1v) is 6.54. The molecule has 2 heterocycles. The van der Waals surface area contributed by atoms with Crippen LogP contribution in [0, 0.1) is 0 Å². The average molecular weight is 228 g/mol. The summed E-state index contributed by atoms with van der Waals surface area (Å²) in [5.74, 6) is 0.601.